The van der Waals surface area contributed by atoms with Gasteiger partial charge in [0, 0.05) is 18.0 Å². The fraction of sp³-hybridized carbons (Fsp3) is 0.154. The highest BCUT2D eigenvalue weighted by molar-refractivity contribution is 6.31. The molecule has 2 aromatic rings. The second kappa shape index (κ2) is 4.82. The van der Waals surface area contributed by atoms with E-state index in [0.29, 0.717) is 21.7 Å². The van der Waals surface area contributed by atoms with Gasteiger partial charge in [-0.05, 0) is 36.2 Å². The number of benzene rings is 1. The Morgan fingerprint density at radius 2 is 2.06 bits per heavy atom. The Bertz CT molecular complexity index is 545. The average Bonchev–Trinajstić information content (AvgIpc) is 2.29. The standard InChI is InChI=1S/C13H11ClFNO/c1-8-6-9(15)2-3-10(8)13(17)11-4-5-16-7-12(11)14/h2-7,13,17H,1H3. The summed E-state index contributed by atoms with van der Waals surface area (Å²) < 4.78 is 13.0. The van der Waals surface area contributed by atoms with Gasteiger partial charge < -0.3 is 5.11 Å². The molecule has 0 saturated heterocycles. The van der Waals surface area contributed by atoms with Crippen LogP contribution in [-0.4, -0.2) is 10.1 Å². The van der Waals surface area contributed by atoms with Crippen LogP contribution in [0.1, 0.15) is 22.8 Å². The van der Waals surface area contributed by atoms with Crippen molar-refractivity contribution in [2.45, 2.75) is 13.0 Å². The lowest BCUT2D eigenvalue weighted by molar-refractivity contribution is 0.219. The summed E-state index contributed by atoms with van der Waals surface area (Å²) >= 11 is 5.96. The fourth-order valence-electron chi connectivity index (χ4n) is 1.72. The van der Waals surface area contributed by atoms with Crippen molar-refractivity contribution >= 4 is 11.6 Å². The molecule has 1 heterocycles. The molecule has 1 aromatic carbocycles. The van der Waals surface area contributed by atoms with E-state index in [9.17, 15) is 9.50 Å². The van der Waals surface area contributed by atoms with Crippen LogP contribution in [-0.2, 0) is 0 Å². The molecule has 0 aliphatic rings. The minimum atomic E-state index is -0.869. The second-order valence-corrected chi connectivity index (χ2v) is 4.21. The number of aryl methyl sites for hydroxylation is 1. The summed E-state index contributed by atoms with van der Waals surface area (Å²) in [7, 11) is 0. The maximum atomic E-state index is 13.0. The first kappa shape index (κ1) is 12.0. The second-order valence-electron chi connectivity index (χ2n) is 3.80. The molecule has 0 amide bonds. The van der Waals surface area contributed by atoms with Crippen LogP contribution in [0.5, 0.6) is 0 Å². The summed E-state index contributed by atoms with van der Waals surface area (Å²) in [6.07, 6.45) is 2.16. The molecule has 1 unspecified atom stereocenters. The Labute approximate surface area is 104 Å². The Morgan fingerprint density at radius 3 is 2.71 bits per heavy atom. The summed E-state index contributed by atoms with van der Waals surface area (Å²) in [6, 6.07) is 5.91. The van der Waals surface area contributed by atoms with Gasteiger partial charge in [0.15, 0.2) is 0 Å². The first-order chi connectivity index (χ1) is 8.09. The molecule has 0 spiro atoms. The van der Waals surface area contributed by atoms with E-state index in [0.717, 1.165) is 0 Å². The molecule has 88 valence electrons. The van der Waals surface area contributed by atoms with Gasteiger partial charge in [0.2, 0.25) is 0 Å². The number of aliphatic hydroxyl groups excluding tert-OH is 1. The molecular formula is C13H11ClFNO. The number of halogens is 2. The highest BCUT2D eigenvalue weighted by Crippen LogP contribution is 2.29. The van der Waals surface area contributed by atoms with E-state index in [2.05, 4.69) is 4.98 Å². The quantitative estimate of drug-likeness (QED) is 0.889. The maximum Gasteiger partial charge on any atom is 0.123 e. The van der Waals surface area contributed by atoms with Gasteiger partial charge in [-0.3, -0.25) is 4.98 Å². The topological polar surface area (TPSA) is 33.1 Å². The van der Waals surface area contributed by atoms with Gasteiger partial charge in [-0.1, -0.05) is 17.7 Å². The highest BCUT2D eigenvalue weighted by Gasteiger charge is 2.15. The molecule has 0 saturated carbocycles. The van der Waals surface area contributed by atoms with Crippen molar-refractivity contribution in [2.75, 3.05) is 0 Å². The summed E-state index contributed by atoms with van der Waals surface area (Å²) in [5, 5.41) is 10.6. The van der Waals surface area contributed by atoms with E-state index in [1.54, 1.807) is 25.3 Å². The van der Waals surface area contributed by atoms with E-state index < -0.39 is 6.10 Å². The molecule has 2 rings (SSSR count). The first-order valence-electron chi connectivity index (χ1n) is 5.13. The Balaban J connectivity index is 2.44. The third-order valence-corrected chi connectivity index (χ3v) is 2.94. The Kier molecular flexibility index (Phi) is 3.41. The summed E-state index contributed by atoms with van der Waals surface area (Å²) in [5.74, 6) is -0.320. The minimum Gasteiger partial charge on any atom is -0.384 e. The Morgan fingerprint density at radius 1 is 1.29 bits per heavy atom. The number of hydrogen-bond acceptors (Lipinski definition) is 2. The van der Waals surface area contributed by atoms with Crippen LogP contribution in [0, 0.1) is 12.7 Å². The predicted octanol–water partition coefficient (Wildman–Crippen LogP) is 3.26. The van der Waals surface area contributed by atoms with E-state index >= 15 is 0 Å². The molecular weight excluding hydrogens is 241 g/mol. The molecule has 0 fully saturated rings. The van der Waals surface area contributed by atoms with Crippen molar-refractivity contribution in [3.63, 3.8) is 0 Å². The zero-order valence-corrected chi connectivity index (χ0v) is 9.95. The molecule has 0 aliphatic heterocycles. The molecule has 2 nitrogen and oxygen atoms in total. The maximum absolute atomic E-state index is 13.0. The number of rotatable bonds is 2. The summed E-state index contributed by atoms with van der Waals surface area (Å²) in [4.78, 5) is 3.85. The first-order valence-corrected chi connectivity index (χ1v) is 5.51. The van der Waals surface area contributed by atoms with E-state index in [1.807, 2.05) is 0 Å². The third kappa shape index (κ3) is 2.46. The predicted molar refractivity (Wildman–Crippen MR) is 64.4 cm³/mol. The highest BCUT2D eigenvalue weighted by atomic mass is 35.5. The average molecular weight is 252 g/mol. The smallest absolute Gasteiger partial charge is 0.123 e. The monoisotopic (exact) mass is 251 g/mol. The fourth-order valence-corrected chi connectivity index (χ4v) is 1.94. The van der Waals surface area contributed by atoms with Gasteiger partial charge in [-0.2, -0.15) is 0 Å². The number of aromatic nitrogens is 1. The largest absolute Gasteiger partial charge is 0.384 e. The van der Waals surface area contributed by atoms with Crippen LogP contribution < -0.4 is 0 Å². The van der Waals surface area contributed by atoms with Crippen LogP contribution in [0.4, 0.5) is 4.39 Å². The van der Waals surface area contributed by atoms with Crippen molar-refractivity contribution in [3.05, 3.63) is 64.2 Å². The third-order valence-electron chi connectivity index (χ3n) is 2.62. The van der Waals surface area contributed by atoms with Crippen LogP contribution in [0.15, 0.2) is 36.7 Å². The number of aliphatic hydroxyl groups is 1. The van der Waals surface area contributed by atoms with Crippen LogP contribution >= 0.6 is 11.6 Å². The molecule has 17 heavy (non-hydrogen) atoms. The van der Waals surface area contributed by atoms with Gasteiger partial charge >= 0.3 is 0 Å². The van der Waals surface area contributed by atoms with Crippen molar-refractivity contribution in [1.82, 2.24) is 4.98 Å². The van der Waals surface area contributed by atoms with Gasteiger partial charge in [0.1, 0.15) is 11.9 Å². The van der Waals surface area contributed by atoms with E-state index in [-0.39, 0.29) is 5.82 Å². The van der Waals surface area contributed by atoms with Gasteiger partial charge in [0.25, 0.3) is 0 Å². The normalized spacial score (nSPS) is 12.5. The minimum absolute atomic E-state index is 0.320. The zero-order chi connectivity index (χ0) is 12.4. The molecule has 1 aromatic heterocycles. The van der Waals surface area contributed by atoms with E-state index in [4.69, 9.17) is 11.6 Å². The lowest BCUT2D eigenvalue weighted by atomic mass is 9.98. The van der Waals surface area contributed by atoms with Gasteiger partial charge in [0.05, 0.1) is 5.02 Å². The summed E-state index contributed by atoms with van der Waals surface area (Å²) in [5.41, 5.74) is 1.89. The van der Waals surface area contributed by atoms with Gasteiger partial charge in [-0.15, -0.1) is 0 Å². The molecule has 1 atom stereocenters. The van der Waals surface area contributed by atoms with Crippen molar-refractivity contribution in [2.24, 2.45) is 0 Å². The lowest BCUT2D eigenvalue weighted by Crippen LogP contribution is -2.03. The number of pyridine rings is 1. The van der Waals surface area contributed by atoms with E-state index in [1.165, 1.54) is 18.3 Å². The van der Waals surface area contributed by atoms with Gasteiger partial charge in [-0.25, -0.2) is 4.39 Å². The van der Waals surface area contributed by atoms with Crippen LogP contribution in [0.2, 0.25) is 5.02 Å². The van der Waals surface area contributed by atoms with Crippen molar-refractivity contribution in [1.29, 1.82) is 0 Å². The lowest BCUT2D eigenvalue weighted by Gasteiger charge is -2.15. The zero-order valence-electron chi connectivity index (χ0n) is 9.19. The van der Waals surface area contributed by atoms with Crippen LogP contribution in [0.3, 0.4) is 0 Å². The molecule has 4 heteroatoms. The SMILES string of the molecule is Cc1cc(F)ccc1C(O)c1ccncc1Cl. The van der Waals surface area contributed by atoms with Crippen molar-refractivity contribution in [3.8, 4) is 0 Å². The number of hydrogen-bond donors (Lipinski definition) is 1. The molecule has 0 radical (unpaired) electrons. The Hall–Kier alpha value is -1.45. The molecule has 1 N–H and O–H groups in total. The molecule has 0 bridgehead atoms. The van der Waals surface area contributed by atoms with Crippen molar-refractivity contribution < 1.29 is 9.50 Å². The summed E-state index contributed by atoms with van der Waals surface area (Å²) in [6.45, 7) is 1.75. The number of nitrogens with zero attached hydrogens (tertiary/aromatic N) is 1. The molecule has 0 aliphatic carbocycles. The van der Waals surface area contributed by atoms with Crippen LogP contribution in [0.25, 0.3) is 0 Å².